The summed E-state index contributed by atoms with van der Waals surface area (Å²) in [7, 11) is 0. The van der Waals surface area contributed by atoms with Crippen molar-refractivity contribution in [3.05, 3.63) is 74.5 Å². The quantitative estimate of drug-likeness (QED) is 0.711. The highest BCUT2D eigenvalue weighted by Gasteiger charge is 2.16. The van der Waals surface area contributed by atoms with Crippen molar-refractivity contribution in [3.63, 3.8) is 0 Å². The molecule has 1 heterocycles. The molecule has 0 aliphatic heterocycles. The molecule has 0 saturated heterocycles. The van der Waals surface area contributed by atoms with Crippen molar-refractivity contribution < 1.29 is 13.6 Å². The minimum absolute atomic E-state index is 0.00677. The number of anilines is 1. The molecule has 4 nitrogen and oxygen atoms in total. The first-order chi connectivity index (χ1) is 11.0. The van der Waals surface area contributed by atoms with Crippen molar-refractivity contribution in [1.82, 2.24) is 4.98 Å². The number of halogens is 3. The average Bonchev–Trinajstić information content (AvgIpc) is 2.49. The van der Waals surface area contributed by atoms with Crippen molar-refractivity contribution >= 4 is 38.4 Å². The van der Waals surface area contributed by atoms with Crippen molar-refractivity contribution in [2.75, 3.05) is 5.32 Å². The van der Waals surface area contributed by atoms with Crippen LogP contribution in [0.15, 0.2) is 51.9 Å². The van der Waals surface area contributed by atoms with Crippen LogP contribution in [0.2, 0.25) is 0 Å². The predicted octanol–water partition coefficient (Wildman–Crippen LogP) is 3.82. The number of carbonyl (C=O) groups excluding carboxylic acids is 1. The molecule has 0 aliphatic rings. The van der Waals surface area contributed by atoms with Crippen LogP contribution in [0.5, 0.6) is 0 Å². The number of hydrogen-bond donors (Lipinski definition) is 2. The van der Waals surface area contributed by atoms with Crippen LogP contribution in [0, 0.1) is 11.6 Å². The zero-order valence-corrected chi connectivity index (χ0v) is 13.1. The van der Waals surface area contributed by atoms with Crippen LogP contribution in [-0.4, -0.2) is 10.9 Å². The van der Waals surface area contributed by atoms with E-state index in [2.05, 4.69) is 26.2 Å². The van der Waals surface area contributed by atoms with Gasteiger partial charge in [-0.05, 0) is 30.3 Å². The lowest BCUT2D eigenvalue weighted by Gasteiger charge is -2.06. The predicted molar refractivity (Wildman–Crippen MR) is 86.6 cm³/mol. The maximum atomic E-state index is 13.8. The highest BCUT2D eigenvalue weighted by Crippen LogP contribution is 2.17. The molecule has 0 aliphatic carbocycles. The molecule has 3 aromatic rings. The molecule has 0 bridgehead atoms. The molecular formula is C16H9BrF2N2O2. The van der Waals surface area contributed by atoms with E-state index in [-0.39, 0.29) is 16.5 Å². The molecule has 1 amide bonds. The number of nitrogens with one attached hydrogen (secondary N) is 2. The first-order valence-electron chi connectivity index (χ1n) is 6.53. The second kappa shape index (κ2) is 5.92. The van der Waals surface area contributed by atoms with Gasteiger partial charge in [0.15, 0.2) is 0 Å². The molecule has 1 aromatic heterocycles. The maximum Gasteiger partial charge on any atom is 0.261 e. The summed E-state index contributed by atoms with van der Waals surface area (Å²) in [4.78, 5) is 27.1. The third-order valence-electron chi connectivity index (χ3n) is 3.25. The third kappa shape index (κ3) is 3.00. The first kappa shape index (κ1) is 15.4. The standard InChI is InChI=1S/C16H9BrF2N2O2/c17-8-1-3-10(4-2-8)21-16(23)11-7-20-13-6-9(18)5-12(19)14(13)15(11)22/h1-7H,(H,20,22)(H,21,23). The molecule has 0 saturated carbocycles. The van der Waals surface area contributed by atoms with Gasteiger partial charge in [0.1, 0.15) is 17.2 Å². The highest BCUT2D eigenvalue weighted by molar-refractivity contribution is 9.10. The number of carbonyl (C=O) groups is 1. The minimum Gasteiger partial charge on any atom is -0.360 e. The summed E-state index contributed by atoms with van der Waals surface area (Å²) in [6, 6.07) is 8.34. The molecule has 3 rings (SSSR count). The van der Waals surface area contributed by atoms with Crippen LogP contribution in [0.4, 0.5) is 14.5 Å². The van der Waals surface area contributed by atoms with E-state index in [1.165, 1.54) is 0 Å². The fraction of sp³-hybridized carbons (Fsp3) is 0. The SMILES string of the molecule is O=C(Nc1ccc(Br)cc1)c1c[nH]c2cc(F)cc(F)c2c1=O. The summed E-state index contributed by atoms with van der Waals surface area (Å²) < 4.78 is 27.8. The Morgan fingerprint density at radius 1 is 1.13 bits per heavy atom. The van der Waals surface area contributed by atoms with Crippen molar-refractivity contribution in [2.45, 2.75) is 0 Å². The average molecular weight is 379 g/mol. The third-order valence-corrected chi connectivity index (χ3v) is 3.77. The van der Waals surface area contributed by atoms with Gasteiger partial charge in [0.2, 0.25) is 5.43 Å². The Bertz CT molecular complexity index is 968. The van der Waals surface area contributed by atoms with Gasteiger partial charge in [0, 0.05) is 22.4 Å². The van der Waals surface area contributed by atoms with E-state index in [0.29, 0.717) is 11.8 Å². The Hall–Kier alpha value is -2.54. The lowest BCUT2D eigenvalue weighted by atomic mass is 10.1. The summed E-state index contributed by atoms with van der Waals surface area (Å²) in [5.74, 6) is -2.50. The number of amides is 1. The van der Waals surface area contributed by atoms with Crippen LogP contribution in [-0.2, 0) is 0 Å². The van der Waals surface area contributed by atoms with E-state index in [0.717, 1.165) is 16.7 Å². The molecule has 0 atom stereocenters. The smallest absolute Gasteiger partial charge is 0.261 e. The zero-order chi connectivity index (χ0) is 16.6. The number of aromatic amines is 1. The molecule has 0 unspecified atom stereocenters. The van der Waals surface area contributed by atoms with E-state index in [1.54, 1.807) is 24.3 Å². The molecule has 2 aromatic carbocycles. The molecule has 0 spiro atoms. The summed E-state index contributed by atoms with van der Waals surface area (Å²) in [6.45, 7) is 0. The number of benzene rings is 2. The highest BCUT2D eigenvalue weighted by atomic mass is 79.9. The van der Waals surface area contributed by atoms with Crippen molar-refractivity contribution in [2.24, 2.45) is 0 Å². The van der Waals surface area contributed by atoms with E-state index in [4.69, 9.17) is 0 Å². The van der Waals surface area contributed by atoms with Gasteiger partial charge in [-0.1, -0.05) is 15.9 Å². The lowest BCUT2D eigenvalue weighted by molar-refractivity contribution is 0.102. The number of aromatic nitrogens is 1. The van der Waals surface area contributed by atoms with Gasteiger partial charge in [0.05, 0.1) is 10.9 Å². The van der Waals surface area contributed by atoms with Gasteiger partial charge in [-0.2, -0.15) is 0 Å². The van der Waals surface area contributed by atoms with Crippen molar-refractivity contribution in [1.29, 1.82) is 0 Å². The summed E-state index contributed by atoms with van der Waals surface area (Å²) in [5.41, 5.74) is -0.582. The Kier molecular flexibility index (Phi) is 3.96. The van der Waals surface area contributed by atoms with Crippen LogP contribution in [0.25, 0.3) is 10.9 Å². The van der Waals surface area contributed by atoms with E-state index in [1.807, 2.05) is 0 Å². The fourth-order valence-electron chi connectivity index (χ4n) is 2.17. The maximum absolute atomic E-state index is 13.8. The zero-order valence-electron chi connectivity index (χ0n) is 11.5. The number of fused-ring (bicyclic) bond motifs is 1. The number of H-pyrrole nitrogens is 1. The molecule has 0 radical (unpaired) electrons. The lowest BCUT2D eigenvalue weighted by Crippen LogP contribution is -2.22. The van der Waals surface area contributed by atoms with Gasteiger partial charge < -0.3 is 10.3 Å². The Morgan fingerprint density at radius 2 is 1.83 bits per heavy atom. The Morgan fingerprint density at radius 3 is 2.52 bits per heavy atom. The molecule has 0 fully saturated rings. The molecule has 116 valence electrons. The number of hydrogen-bond acceptors (Lipinski definition) is 2. The van der Waals surface area contributed by atoms with Crippen molar-refractivity contribution in [3.8, 4) is 0 Å². The van der Waals surface area contributed by atoms with Gasteiger partial charge in [0.25, 0.3) is 5.91 Å². The molecule has 7 heteroatoms. The van der Waals surface area contributed by atoms with Crippen LogP contribution in [0.1, 0.15) is 10.4 Å². The Labute approximate surface area is 137 Å². The number of rotatable bonds is 2. The summed E-state index contributed by atoms with van der Waals surface area (Å²) in [5, 5.41) is 2.19. The minimum atomic E-state index is -1.01. The van der Waals surface area contributed by atoms with Gasteiger partial charge in [-0.25, -0.2) is 8.78 Å². The van der Waals surface area contributed by atoms with Gasteiger partial charge in [-0.15, -0.1) is 0 Å². The van der Waals surface area contributed by atoms with Gasteiger partial charge >= 0.3 is 0 Å². The summed E-state index contributed by atoms with van der Waals surface area (Å²) in [6.07, 6.45) is 1.14. The second-order valence-electron chi connectivity index (χ2n) is 4.80. The topological polar surface area (TPSA) is 62.0 Å². The van der Waals surface area contributed by atoms with E-state index >= 15 is 0 Å². The molecular weight excluding hydrogens is 370 g/mol. The van der Waals surface area contributed by atoms with Crippen LogP contribution < -0.4 is 10.7 Å². The molecule has 2 N–H and O–H groups in total. The largest absolute Gasteiger partial charge is 0.360 e. The van der Waals surface area contributed by atoms with Gasteiger partial charge in [-0.3, -0.25) is 9.59 Å². The monoisotopic (exact) mass is 378 g/mol. The van der Waals surface area contributed by atoms with Crippen LogP contribution >= 0.6 is 15.9 Å². The normalized spacial score (nSPS) is 10.7. The first-order valence-corrected chi connectivity index (χ1v) is 7.32. The van der Waals surface area contributed by atoms with E-state index in [9.17, 15) is 18.4 Å². The Balaban J connectivity index is 2.03. The second-order valence-corrected chi connectivity index (χ2v) is 5.72. The van der Waals surface area contributed by atoms with Crippen LogP contribution in [0.3, 0.4) is 0 Å². The summed E-state index contributed by atoms with van der Waals surface area (Å²) >= 11 is 3.27. The number of pyridine rings is 1. The molecule has 23 heavy (non-hydrogen) atoms. The van der Waals surface area contributed by atoms with E-state index < -0.39 is 23.0 Å². The fourth-order valence-corrected chi connectivity index (χ4v) is 2.43.